The Morgan fingerprint density at radius 1 is 1.09 bits per heavy atom. The van der Waals surface area contributed by atoms with Crippen LogP contribution >= 0.6 is 27.5 Å². The van der Waals surface area contributed by atoms with E-state index < -0.39 is 12.1 Å². The van der Waals surface area contributed by atoms with Gasteiger partial charge in [-0.3, -0.25) is 4.79 Å². The first kappa shape index (κ1) is 35.1. The normalized spacial score (nSPS) is 13.2. The van der Waals surface area contributed by atoms with Crippen LogP contribution in [0.1, 0.15) is 36.5 Å². The Labute approximate surface area is 266 Å². The third kappa shape index (κ3) is 10.3. The Morgan fingerprint density at radius 3 is 2.41 bits per heavy atom. The van der Waals surface area contributed by atoms with Crippen molar-refractivity contribution < 1.29 is 37.0 Å². The van der Waals surface area contributed by atoms with Gasteiger partial charge < -0.3 is 20.1 Å². The van der Waals surface area contributed by atoms with Gasteiger partial charge in [0.1, 0.15) is 11.6 Å². The number of amides is 1. The fourth-order valence-corrected chi connectivity index (χ4v) is 5.03. The van der Waals surface area contributed by atoms with Gasteiger partial charge in [0.2, 0.25) is 0 Å². The van der Waals surface area contributed by atoms with Gasteiger partial charge in [0, 0.05) is 36.3 Å². The van der Waals surface area contributed by atoms with Crippen LogP contribution in [0.5, 0.6) is 5.75 Å². The van der Waals surface area contributed by atoms with Crippen molar-refractivity contribution in [3.63, 3.8) is 0 Å². The number of aryl methyl sites for hydroxylation is 1. The second kappa shape index (κ2) is 16.6. The van der Waals surface area contributed by atoms with Gasteiger partial charge in [-0.05, 0) is 89.1 Å². The first-order chi connectivity index (χ1) is 20.9. The van der Waals surface area contributed by atoms with Crippen LogP contribution in [-0.2, 0) is 22.6 Å². The number of rotatable bonds is 10. The van der Waals surface area contributed by atoms with Crippen LogP contribution < -0.4 is 10.1 Å². The molecule has 4 rings (SSSR count). The van der Waals surface area contributed by atoms with Crippen LogP contribution in [0, 0.1) is 5.82 Å². The summed E-state index contributed by atoms with van der Waals surface area (Å²) in [7, 11) is 0. The van der Waals surface area contributed by atoms with E-state index in [0.717, 1.165) is 52.6 Å². The summed E-state index contributed by atoms with van der Waals surface area (Å²) in [5, 5.41) is 11.2. The number of halogens is 6. The zero-order valence-corrected chi connectivity index (χ0v) is 26.2. The SMILES string of the molecule is CCN(Cc1ccccc1Cl)C(=O)C1=C(c2ccc(CCCOc3cc(F)ccc3Br)cc2)CCNC1.O=C(O)C(F)(F)F. The Bertz CT molecular complexity index is 1470. The monoisotopic (exact) mass is 698 g/mol. The predicted octanol–water partition coefficient (Wildman–Crippen LogP) is 7.68. The van der Waals surface area contributed by atoms with Crippen molar-refractivity contribution in [1.82, 2.24) is 10.2 Å². The highest BCUT2D eigenvalue weighted by Crippen LogP contribution is 2.28. The number of carboxylic acid groups (broad SMARTS) is 1. The van der Waals surface area contributed by atoms with E-state index in [2.05, 4.69) is 45.5 Å². The molecular formula is C32H32BrClF4N2O4. The molecule has 0 atom stereocenters. The number of carbonyl (C=O) groups is 2. The Morgan fingerprint density at radius 2 is 1.77 bits per heavy atom. The van der Waals surface area contributed by atoms with Crippen LogP contribution in [-0.4, -0.2) is 54.3 Å². The highest BCUT2D eigenvalue weighted by molar-refractivity contribution is 9.10. The lowest BCUT2D eigenvalue weighted by Crippen LogP contribution is -2.37. The maximum atomic E-state index is 13.6. The Balaban J connectivity index is 0.000000676. The number of ether oxygens (including phenoxy) is 1. The van der Waals surface area contributed by atoms with Gasteiger partial charge in [-0.25, -0.2) is 9.18 Å². The van der Waals surface area contributed by atoms with E-state index in [9.17, 15) is 22.4 Å². The summed E-state index contributed by atoms with van der Waals surface area (Å²) in [5.74, 6) is -2.51. The predicted molar refractivity (Wildman–Crippen MR) is 165 cm³/mol. The molecule has 44 heavy (non-hydrogen) atoms. The number of nitrogens with one attached hydrogen (secondary N) is 1. The summed E-state index contributed by atoms with van der Waals surface area (Å²) in [6.45, 7) is 4.99. The van der Waals surface area contributed by atoms with E-state index in [1.165, 1.54) is 17.7 Å². The summed E-state index contributed by atoms with van der Waals surface area (Å²) in [6, 6.07) is 20.5. The molecule has 1 aliphatic rings. The Kier molecular flexibility index (Phi) is 13.2. The van der Waals surface area contributed by atoms with Crippen LogP contribution in [0.2, 0.25) is 5.02 Å². The van der Waals surface area contributed by atoms with Crippen LogP contribution in [0.25, 0.3) is 5.57 Å². The standard InChI is InChI=1S/C30H31BrClFN2O2.C2HF3O2/c1-2-35(20-23-7-3-4-8-28(23)32)30(36)26-19-34-16-15-25(26)22-11-9-21(10-12-22)6-5-17-37-29-18-24(33)13-14-27(29)31;3-2(4,5)1(6)7/h3-4,7-14,18,34H,2,5-6,15-17,19-20H2,1H3;(H,6,7). The lowest BCUT2D eigenvalue weighted by molar-refractivity contribution is -0.192. The van der Waals surface area contributed by atoms with Crippen molar-refractivity contribution in [2.75, 3.05) is 26.2 Å². The van der Waals surface area contributed by atoms with Crippen molar-refractivity contribution >= 4 is 45.0 Å². The molecule has 6 nitrogen and oxygen atoms in total. The molecule has 236 valence electrons. The third-order valence-electron chi connectivity index (χ3n) is 6.77. The number of aliphatic carboxylic acids is 1. The van der Waals surface area contributed by atoms with E-state index in [-0.39, 0.29) is 11.7 Å². The van der Waals surface area contributed by atoms with Crippen molar-refractivity contribution in [3.05, 3.63) is 104 Å². The quantitative estimate of drug-likeness (QED) is 0.168. The summed E-state index contributed by atoms with van der Waals surface area (Å²) in [6.07, 6.45) is -2.62. The average Bonchev–Trinajstić information content (AvgIpc) is 3.00. The fraction of sp³-hybridized carbons (Fsp3) is 0.312. The van der Waals surface area contributed by atoms with Gasteiger partial charge in [-0.2, -0.15) is 13.2 Å². The lowest BCUT2D eigenvalue weighted by atomic mass is 9.92. The highest BCUT2D eigenvalue weighted by atomic mass is 79.9. The zero-order chi connectivity index (χ0) is 32.3. The first-order valence-corrected chi connectivity index (χ1v) is 15.0. The zero-order valence-electron chi connectivity index (χ0n) is 23.9. The van der Waals surface area contributed by atoms with Gasteiger partial charge in [-0.1, -0.05) is 54.1 Å². The maximum absolute atomic E-state index is 13.6. The minimum atomic E-state index is -5.08. The topological polar surface area (TPSA) is 78.9 Å². The van der Waals surface area contributed by atoms with Gasteiger partial charge in [0.15, 0.2) is 0 Å². The molecule has 0 bridgehead atoms. The summed E-state index contributed by atoms with van der Waals surface area (Å²) in [4.78, 5) is 24.3. The van der Waals surface area contributed by atoms with E-state index >= 15 is 0 Å². The highest BCUT2D eigenvalue weighted by Gasteiger charge is 2.38. The molecule has 0 saturated carbocycles. The molecule has 0 aliphatic carbocycles. The third-order valence-corrected chi connectivity index (χ3v) is 7.79. The maximum Gasteiger partial charge on any atom is 0.490 e. The molecule has 0 fully saturated rings. The van der Waals surface area contributed by atoms with E-state index in [0.29, 0.717) is 37.0 Å². The molecule has 0 radical (unpaired) electrons. The average molecular weight is 700 g/mol. The minimum absolute atomic E-state index is 0.0503. The van der Waals surface area contributed by atoms with Gasteiger partial charge in [-0.15, -0.1) is 0 Å². The molecule has 12 heteroatoms. The van der Waals surface area contributed by atoms with Crippen molar-refractivity contribution in [3.8, 4) is 5.75 Å². The molecule has 0 unspecified atom stereocenters. The van der Waals surface area contributed by atoms with E-state index in [1.54, 1.807) is 6.07 Å². The summed E-state index contributed by atoms with van der Waals surface area (Å²) >= 11 is 9.75. The number of carbonyl (C=O) groups excluding carboxylic acids is 1. The van der Waals surface area contributed by atoms with Gasteiger partial charge in [0.05, 0.1) is 11.1 Å². The summed E-state index contributed by atoms with van der Waals surface area (Å²) in [5.41, 5.74) is 5.15. The lowest BCUT2D eigenvalue weighted by Gasteiger charge is -2.27. The molecule has 1 heterocycles. The van der Waals surface area contributed by atoms with Crippen molar-refractivity contribution in [2.45, 2.75) is 38.9 Å². The number of hydrogen-bond donors (Lipinski definition) is 2. The van der Waals surface area contributed by atoms with E-state index in [1.807, 2.05) is 36.1 Å². The smallest absolute Gasteiger partial charge is 0.490 e. The Hall–Kier alpha value is -3.41. The molecular weight excluding hydrogens is 668 g/mol. The number of hydrogen-bond acceptors (Lipinski definition) is 4. The minimum Gasteiger partial charge on any atom is -0.492 e. The molecule has 3 aromatic carbocycles. The fourth-order valence-electron chi connectivity index (χ4n) is 4.48. The number of likely N-dealkylation sites (N-methyl/N-ethyl adjacent to an activating group) is 1. The van der Waals surface area contributed by atoms with E-state index in [4.69, 9.17) is 26.2 Å². The molecule has 0 saturated heterocycles. The second-order valence-electron chi connectivity index (χ2n) is 9.82. The number of nitrogens with zero attached hydrogens (tertiary/aromatic N) is 1. The first-order valence-electron chi connectivity index (χ1n) is 13.8. The van der Waals surface area contributed by atoms with Crippen molar-refractivity contribution in [2.24, 2.45) is 0 Å². The summed E-state index contributed by atoms with van der Waals surface area (Å²) < 4.78 is 51.6. The van der Waals surface area contributed by atoms with Gasteiger partial charge >= 0.3 is 12.1 Å². The number of carboxylic acids is 1. The molecule has 0 aromatic heterocycles. The van der Waals surface area contributed by atoms with Crippen LogP contribution in [0.3, 0.4) is 0 Å². The van der Waals surface area contributed by atoms with Crippen LogP contribution in [0.4, 0.5) is 17.6 Å². The second-order valence-corrected chi connectivity index (χ2v) is 11.1. The largest absolute Gasteiger partial charge is 0.492 e. The molecule has 0 spiro atoms. The van der Waals surface area contributed by atoms with Crippen LogP contribution in [0.15, 0.2) is 76.8 Å². The molecule has 3 aromatic rings. The molecule has 1 amide bonds. The van der Waals surface area contributed by atoms with Gasteiger partial charge in [0.25, 0.3) is 5.91 Å². The van der Waals surface area contributed by atoms with Crippen molar-refractivity contribution in [1.29, 1.82) is 0 Å². The number of benzene rings is 3. The number of alkyl halides is 3. The molecule has 1 aliphatic heterocycles. The molecule has 2 N–H and O–H groups in total.